The highest BCUT2D eigenvalue weighted by Gasteiger charge is 2.19. The maximum absolute atomic E-state index is 6.19. The molecule has 0 aliphatic heterocycles. The highest BCUT2D eigenvalue weighted by atomic mass is 35.5. The summed E-state index contributed by atoms with van der Waals surface area (Å²) < 4.78 is 0. The van der Waals surface area contributed by atoms with Gasteiger partial charge in [0.1, 0.15) is 0 Å². The van der Waals surface area contributed by atoms with Gasteiger partial charge in [0.25, 0.3) is 0 Å². The third-order valence-electron chi connectivity index (χ3n) is 3.06. The molecule has 88 valence electrons. The van der Waals surface area contributed by atoms with Crippen LogP contribution in [-0.4, -0.2) is 12.8 Å². The first-order valence-electron chi connectivity index (χ1n) is 5.70. The quantitative estimate of drug-likeness (QED) is 0.680. The lowest BCUT2D eigenvalue weighted by Crippen LogP contribution is -2.17. The Hall–Kier alpha value is -0.820. The smallest absolute Gasteiger partial charge is 0.0496 e. The molecule has 0 heterocycles. The fourth-order valence-electron chi connectivity index (χ4n) is 1.57. The minimum Gasteiger partial charge on any atom is -0.292 e. The summed E-state index contributed by atoms with van der Waals surface area (Å²) in [6, 6.07) is 7.91. The van der Waals surface area contributed by atoms with Crippen LogP contribution in [0.1, 0.15) is 39.2 Å². The monoisotopic (exact) mass is 237 g/mol. The normalized spacial score (nSPS) is 12.9. The Balaban J connectivity index is 2.98. The summed E-state index contributed by atoms with van der Waals surface area (Å²) in [5.74, 6) is 0. The first kappa shape index (κ1) is 13.2. The van der Waals surface area contributed by atoms with Crippen LogP contribution in [0.5, 0.6) is 0 Å². The Kier molecular flexibility index (Phi) is 4.55. The van der Waals surface area contributed by atoms with Gasteiger partial charge in [-0.15, -0.1) is 0 Å². The third kappa shape index (κ3) is 3.34. The van der Waals surface area contributed by atoms with Gasteiger partial charge in [-0.3, -0.25) is 4.99 Å². The van der Waals surface area contributed by atoms with Gasteiger partial charge in [0.2, 0.25) is 0 Å². The predicted molar refractivity (Wildman–Crippen MR) is 72.6 cm³/mol. The van der Waals surface area contributed by atoms with Crippen molar-refractivity contribution in [3.05, 3.63) is 34.9 Å². The first-order valence-corrected chi connectivity index (χ1v) is 6.08. The molecular weight excluding hydrogens is 218 g/mol. The number of halogens is 1. The fraction of sp³-hybridized carbons (Fsp3) is 0.500. The molecule has 1 aromatic carbocycles. The number of benzene rings is 1. The molecule has 1 rings (SSSR count). The van der Waals surface area contributed by atoms with Crippen molar-refractivity contribution in [2.24, 2.45) is 10.4 Å². The van der Waals surface area contributed by atoms with Crippen molar-refractivity contribution in [3.63, 3.8) is 0 Å². The Morgan fingerprint density at radius 2 is 1.94 bits per heavy atom. The van der Waals surface area contributed by atoms with Gasteiger partial charge in [-0.2, -0.15) is 0 Å². The van der Waals surface area contributed by atoms with E-state index in [-0.39, 0.29) is 5.41 Å². The van der Waals surface area contributed by atoms with Gasteiger partial charge in [0.15, 0.2) is 0 Å². The molecule has 0 N–H and O–H groups in total. The van der Waals surface area contributed by atoms with Gasteiger partial charge < -0.3 is 0 Å². The van der Waals surface area contributed by atoms with Crippen molar-refractivity contribution < 1.29 is 0 Å². The van der Waals surface area contributed by atoms with E-state index in [0.29, 0.717) is 0 Å². The van der Waals surface area contributed by atoms with E-state index >= 15 is 0 Å². The molecule has 0 unspecified atom stereocenters. The van der Waals surface area contributed by atoms with Crippen LogP contribution >= 0.6 is 11.6 Å². The van der Waals surface area contributed by atoms with Crippen molar-refractivity contribution in [3.8, 4) is 0 Å². The number of rotatable bonds is 4. The SMILES string of the molecule is CCC(C)(C)CC(=NC)c1ccccc1Cl. The van der Waals surface area contributed by atoms with Crippen LogP contribution in [0.2, 0.25) is 5.02 Å². The molecule has 0 radical (unpaired) electrons. The summed E-state index contributed by atoms with van der Waals surface area (Å²) in [4.78, 5) is 4.38. The zero-order valence-electron chi connectivity index (χ0n) is 10.5. The lowest BCUT2D eigenvalue weighted by atomic mass is 9.83. The molecule has 0 aliphatic rings. The molecule has 1 aromatic rings. The van der Waals surface area contributed by atoms with Crippen molar-refractivity contribution >= 4 is 17.3 Å². The second-order valence-electron chi connectivity index (χ2n) is 4.84. The summed E-state index contributed by atoms with van der Waals surface area (Å²) in [6.07, 6.45) is 2.10. The Morgan fingerprint density at radius 1 is 1.31 bits per heavy atom. The molecule has 1 nitrogen and oxygen atoms in total. The van der Waals surface area contributed by atoms with E-state index in [4.69, 9.17) is 11.6 Å². The summed E-state index contributed by atoms with van der Waals surface area (Å²) in [6.45, 7) is 6.73. The fourth-order valence-corrected chi connectivity index (χ4v) is 1.81. The third-order valence-corrected chi connectivity index (χ3v) is 3.39. The highest BCUT2D eigenvalue weighted by Crippen LogP contribution is 2.28. The average Bonchev–Trinajstić information content (AvgIpc) is 2.27. The van der Waals surface area contributed by atoms with Crippen LogP contribution in [0.4, 0.5) is 0 Å². The van der Waals surface area contributed by atoms with E-state index in [1.165, 1.54) is 0 Å². The van der Waals surface area contributed by atoms with Crippen molar-refractivity contribution in [1.82, 2.24) is 0 Å². The maximum atomic E-state index is 6.19. The first-order chi connectivity index (χ1) is 7.50. The van der Waals surface area contributed by atoms with Crippen molar-refractivity contribution in [1.29, 1.82) is 0 Å². The van der Waals surface area contributed by atoms with Gasteiger partial charge in [-0.1, -0.05) is 57.0 Å². The topological polar surface area (TPSA) is 12.4 Å². The highest BCUT2D eigenvalue weighted by molar-refractivity contribution is 6.34. The summed E-state index contributed by atoms with van der Waals surface area (Å²) >= 11 is 6.19. The molecular formula is C14H20ClN. The minimum absolute atomic E-state index is 0.272. The lowest BCUT2D eigenvalue weighted by Gasteiger charge is -2.23. The zero-order valence-corrected chi connectivity index (χ0v) is 11.3. The molecule has 0 fully saturated rings. The predicted octanol–water partition coefficient (Wildman–Crippen LogP) is 4.59. The second kappa shape index (κ2) is 5.49. The lowest BCUT2D eigenvalue weighted by molar-refractivity contribution is 0.368. The van der Waals surface area contributed by atoms with Gasteiger partial charge in [0, 0.05) is 23.3 Å². The molecule has 2 heteroatoms. The van der Waals surface area contributed by atoms with E-state index in [1.807, 2.05) is 31.3 Å². The van der Waals surface area contributed by atoms with Crippen molar-refractivity contribution in [2.75, 3.05) is 7.05 Å². The van der Waals surface area contributed by atoms with Crippen molar-refractivity contribution in [2.45, 2.75) is 33.6 Å². The van der Waals surface area contributed by atoms with Gasteiger partial charge in [0.05, 0.1) is 0 Å². The van der Waals surface area contributed by atoms with E-state index in [1.54, 1.807) is 0 Å². The van der Waals surface area contributed by atoms with Gasteiger partial charge in [-0.25, -0.2) is 0 Å². The average molecular weight is 238 g/mol. The number of hydrogen-bond donors (Lipinski definition) is 0. The maximum Gasteiger partial charge on any atom is 0.0496 e. The van der Waals surface area contributed by atoms with Gasteiger partial charge >= 0.3 is 0 Å². The van der Waals surface area contributed by atoms with Gasteiger partial charge in [-0.05, 0) is 17.9 Å². The van der Waals surface area contributed by atoms with Crippen LogP contribution in [0.3, 0.4) is 0 Å². The van der Waals surface area contributed by atoms with Crippen LogP contribution in [0, 0.1) is 5.41 Å². The molecule has 0 aromatic heterocycles. The Labute approximate surface area is 104 Å². The summed E-state index contributed by atoms with van der Waals surface area (Å²) in [7, 11) is 1.84. The van der Waals surface area contributed by atoms with E-state index in [2.05, 4.69) is 25.8 Å². The zero-order chi connectivity index (χ0) is 12.2. The molecule has 0 saturated carbocycles. The standard InChI is InChI=1S/C14H20ClN/c1-5-14(2,3)10-13(16-4)11-8-6-7-9-12(11)15/h6-9H,5,10H2,1-4H3. The Bertz CT molecular complexity index is 380. The summed E-state index contributed by atoms with van der Waals surface area (Å²) in [5.41, 5.74) is 2.43. The summed E-state index contributed by atoms with van der Waals surface area (Å²) in [5, 5.41) is 0.787. The van der Waals surface area contributed by atoms with Crippen LogP contribution in [-0.2, 0) is 0 Å². The number of hydrogen-bond acceptors (Lipinski definition) is 1. The largest absolute Gasteiger partial charge is 0.292 e. The molecule has 0 bridgehead atoms. The minimum atomic E-state index is 0.272. The van der Waals surface area contributed by atoms with Crippen LogP contribution in [0.25, 0.3) is 0 Å². The van der Waals surface area contributed by atoms with E-state index in [9.17, 15) is 0 Å². The van der Waals surface area contributed by atoms with Crippen LogP contribution < -0.4 is 0 Å². The number of aliphatic imine (C=N–C) groups is 1. The molecule has 16 heavy (non-hydrogen) atoms. The molecule has 0 atom stereocenters. The molecule has 0 aliphatic carbocycles. The molecule has 0 spiro atoms. The molecule has 0 saturated heterocycles. The van der Waals surface area contributed by atoms with E-state index < -0.39 is 0 Å². The molecule has 0 amide bonds. The second-order valence-corrected chi connectivity index (χ2v) is 5.25. The Morgan fingerprint density at radius 3 is 2.44 bits per heavy atom. The van der Waals surface area contributed by atoms with E-state index in [0.717, 1.165) is 29.1 Å². The number of nitrogens with zero attached hydrogens (tertiary/aromatic N) is 1. The van der Waals surface area contributed by atoms with Crippen LogP contribution in [0.15, 0.2) is 29.3 Å².